The van der Waals surface area contributed by atoms with E-state index in [-0.39, 0.29) is 0 Å². The second kappa shape index (κ2) is 7.37. The Bertz CT molecular complexity index is 358. The molecule has 0 aliphatic heterocycles. The van der Waals surface area contributed by atoms with Crippen LogP contribution in [0, 0.1) is 0 Å². The second-order valence-electron chi connectivity index (χ2n) is 3.49. The van der Waals surface area contributed by atoms with Crippen molar-refractivity contribution in [2.45, 2.75) is 6.42 Å². The molecule has 0 bridgehead atoms. The summed E-state index contributed by atoms with van der Waals surface area (Å²) in [5, 5.41) is 0.531. The van der Waals surface area contributed by atoms with Crippen molar-refractivity contribution in [3.05, 3.63) is 22.7 Å². The predicted octanol–water partition coefficient (Wildman–Crippen LogP) is 1.88. The Balaban J connectivity index is 2.87. The fraction of sp³-hybridized carbons (Fsp3) is 0.500. The summed E-state index contributed by atoms with van der Waals surface area (Å²) in [6, 6.07) is 3.74. The predicted molar refractivity (Wildman–Crippen MR) is 68.1 cm³/mol. The number of nitrogens with two attached hydrogens (primary N) is 1. The molecule has 0 aromatic heterocycles. The molecule has 0 fully saturated rings. The molecule has 4 nitrogen and oxygen atoms in total. The highest BCUT2D eigenvalue weighted by molar-refractivity contribution is 6.32. The van der Waals surface area contributed by atoms with Gasteiger partial charge in [-0.25, -0.2) is 0 Å². The van der Waals surface area contributed by atoms with E-state index >= 15 is 0 Å². The summed E-state index contributed by atoms with van der Waals surface area (Å²) in [6.45, 7) is 1.51. The third-order valence-corrected chi connectivity index (χ3v) is 2.54. The zero-order chi connectivity index (χ0) is 12.7. The number of hydrogen-bond donors (Lipinski definition) is 1. The molecule has 1 aromatic rings. The molecule has 1 aromatic carbocycles. The molecule has 5 heteroatoms. The van der Waals surface area contributed by atoms with Crippen LogP contribution in [0.5, 0.6) is 11.5 Å². The van der Waals surface area contributed by atoms with Gasteiger partial charge in [0.2, 0.25) is 0 Å². The average Bonchev–Trinajstić information content (AvgIpc) is 2.32. The van der Waals surface area contributed by atoms with Crippen LogP contribution in [0.1, 0.15) is 5.56 Å². The van der Waals surface area contributed by atoms with Crippen LogP contribution >= 0.6 is 11.6 Å². The lowest BCUT2D eigenvalue weighted by Crippen LogP contribution is -2.07. The largest absolute Gasteiger partial charge is 0.493 e. The molecule has 1 rings (SSSR count). The molecule has 0 spiro atoms. The first kappa shape index (κ1) is 14.1. The van der Waals surface area contributed by atoms with E-state index in [0.717, 1.165) is 12.0 Å². The molecule has 0 heterocycles. The van der Waals surface area contributed by atoms with E-state index in [2.05, 4.69) is 0 Å². The standard InChI is InChI=1S/C12H18ClNO3/c1-15-5-6-17-12-10(13)7-9(3-4-14)8-11(12)16-2/h7-8H,3-6,14H2,1-2H3. The number of ether oxygens (including phenoxy) is 3. The zero-order valence-electron chi connectivity index (χ0n) is 10.2. The lowest BCUT2D eigenvalue weighted by molar-refractivity contribution is 0.144. The summed E-state index contributed by atoms with van der Waals surface area (Å²) in [5.41, 5.74) is 6.54. The fourth-order valence-corrected chi connectivity index (χ4v) is 1.74. The van der Waals surface area contributed by atoms with E-state index in [4.69, 9.17) is 31.5 Å². The monoisotopic (exact) mass is 259 g/mol. The van der Waals surface area contributed by atoms with E-state index < -0.39 is 0 Å². The number of hydrogen-bond acceptors (Lipinski definition) is 4. The lowest BCUT2D eigenvalue weighted by atomic mass is 10.1. The maximum absolute atomic E-state index is 6.14. The highest BCUT2D eigenvalue weighted by atomic mass is 35.5. The van der Waals surface area contributed by atoms with Crippen LogP contribution in [0.2, 0.25) is 5.02 Å². The third-order valence-electron chi connectivity index (χ3n) is 2.26. The van der Waals surface area contributed by atoms with Gasteiger partial charge in [0.1, 0.15) is 6.61 Å². The molecular formula is C12H18ClNO3. The van der Waals surface area contributed by atoms with Crippen molar-refractivity contribution in [3.8, 4) is 11.5 Å². The molecule has 0 saturated heterocycles. The van der Waals surface area contributed by atoms with Crippen molar-refractivity contribution in [2.75, 3.05) is 34.0 Å². The first-order valence-electron chi connectivity index (χ1n) is 5.41. The van der Waals surface area contributed by atoms with Crippen molar-refractivity contribution in [3.63, 3.8) is 0 Å². The van der Waals surface area contributed by atoms with Gasteiger partial charge in [0.25, 0.3) is 0 Å². The van der Waals surface area contributed by atoms with Gasteiger partial charge in [-0.15, -0.1) is 0 Å². The van der Waals surface area contributed by atoms with E-state index in [0.29, 0.717) is 36.3 Å². The molecule has 2 N–H and O–H groups in total. The molecule has 96 valence electrons. The van der Waals surface area contributed by atoms with E-state index in [9.17, 15) is 0 Å². The van der Waals surface area contributed by atoms with E-state index in [1.807, 2.05) is 12.1 Å². The summed E-state index contributed by atoms with van der Waals surface area (Å²) in [6.07, 6.45) is 0.758. The summed E-state index contributed by atoms with van der Waals surface area (Å²) >= 11 is 6.14. The molecule has 0 aliphatic carbocycles. The van der Waals surface area contributed by atoms with Gasteiger partial charge in [-0.2, -0.15) is 0 Å². The van der Waals surface area contributed by atoms with Crippen LogP contribution in [0.25, 0.3) is 0 Å². The summed E-state index contributed by atoms with van der Waals surface area (Å²) < 4.78 is 15.7. The van der Waals surface area contributed by atoms with Crippen molar-refractivity contribution >= 4 is 11.6 Å². The van der Waals surface area contributed by atoms with Gasteiger partial charge in [0.05, 0.1) is 18.7 Å². The Labute approximate surface area is 107 Å². The summed E-state index contributed by atoms with van der Waals surface area (Å²) in [4.78, 5) is 0. The highest BCUT2D eigenvalue weighted by Crippen LogP contribution is 2.36. The minimum Gasteiger partial charge on any atom is -0.493 e. The average molecular weight is 260 g/mol. The van der Waals surface area contributed by atoms with Crippen molar-refractivity contribution in [1.29, 1.82) is 0 Å². The van der Waals surface area contributed by atoms with E-state index in [1.165, 1.54) is 0 Å². The van der Waals surface area contributed by atoms with Gasteiger partial charge < -0.3 is 19.9 Å². The Hall–Kier alpha value is -0.970. The number of methoxy groups -OCH3 is 2. The van der Waals surface area contributed by atoms with Crippen LogP contribution in [0.3, 0.4) is 0 Å². The van der Waals surface area contributed by atoms with E-state index in [1.54, 1.807) is 14.2 Å². The molecule has 0 saturated carbocycles. The number of benzene rings is 1. The Morgan fingerprint density at radius 3 is 2.59 bits per heavy atom. The number of halogens is 1. The summed E-state index contributed by atoms with van der Waals surface area (Å²) in [7, 11) is 3.20. The Morgan fingerprint density at radius 2 is 2.00 bits per heavy atom. The van der Waals surface area contributed by atoms with Gasteiger partial charge in [-0.3, -0.25) is 0 Å². The molecule has 0 radical (unpaired) electrons. The van der Waals surface area contributed by atoms with Gasteiger partial charge >= 0.3 is 0 Å². The maximum atomic E-state index is 6.14. The Morgan fingerprint density at radius 1 is 1.24 bits per heavy atom. The van der Waals surface area contributed by atoms with Gasteiger partial charge in [-0.05, 0) is 30.7 Å². The van der Waals surface area contributed by atoms with Gasteiger partial charge in [0.15, 0.2) is 11.5 Å². The second-order valence-corrected chi connectivity index (χ2v) is 3.90. The highest BCUT2D eigenvalue weighted by Gasteiger charge is 2.11. The first-order chi connectivity index (χ1) is 8.22. The molecule has 0 aliphatic rings. The molecule has 0 unspecified atom stereocenters. The van der Waals surface area contributed by atoms with Crippen LogP contribution < -0.4 is 15.2 Å². The quantitative estimate of drug-likeness (QED) is 0.760. The smallest absolute Gasteiger partial charge is 0.179 e. The van der Waals surface area contributed by atoms with Crippen LogP contribution in [-0.4, -0.2) is 34.0 Å². The molecule has 17 heavy (non-hydrogen) atoms. The summed E-state index contributed by atoms with van der Waals surface area (Å²) in [5.74, 6) is 1.17. The topological polar surface area (TPSA) is 53.7 Å². The lowest BCUT2D eigenvalue weighted by Gasteiger charge is -2.13. The van der Waals surface area contributed by atoms with Crippen molar-refractivity contribution in [1.82, 2.24) is 0 Å². The zero-order valence-corrected chi connectivity index (χ0v) is 10.9. The normalized spacial score (nSPS) is 10.4. The fourth-order valence-electron chi connectivity index (χ4n) is 1.45. The molecule has 0 atom stereocenters. The molecule has 0 amide bonds. The SMILES string of the molecule is COCCOc1c(Cl)cc(CCN)cc1OC. The maximum Gasteiger partial charge on any atom is 0.179 e. The number of rotatable bonds is 7. The van der Waals surface area contributed by atoms with Gasteiger partial charge in [0, 0.05) is 7.11 Å². The molecular weight excluding hydrogens is 242 g/mol. The van der Waals surface area contributed by atoms with Crippen LogP contribution in [0.4, 0.5) is 0 Å². The third kappa shape index (κ3) is 4.07. The van der Waals surface area contributed by atoms with Crippen LogP contribution in [0.15, 0.2) is 12.1 Å². The van der Waals surface area contributed by atoms with Crippen LogP contribution in [-0.2, 0) is 11.2 Å². The minimum absolute atomic E-state index is 0.433. The van der Waals surface area contributed by atoms with Gasteiger partial charge in [-0.1, -0.05) is 11.6 Å². The Kier molecular flexibility index (Phi) is 6.11. The van der Waals surface area contributed by atoms with Crippen molar-refractivity contribution < 1.29 is 14.2 Å². The van der Waals surface area contributed by atoms with Crippen molar-refractivity contribution in [2.24, 2.45) is 5.73 Å². The minimum atomic E-state index is 0.433. The first-order valence-corrected chi connectivity index (χ1v) is 5.79.